The highest BCUT2D eigenvalue weighted by molar-refractivity contribution is 5.80. The normalized spacial score (nSPS) is 11.7. The fourth-order valence-electron chi connectivity index (χ4n) is 3.24. The van der Waals surface area contributed by atoms with Crippen molar-refractivity contribution >= 4 is 11.8 Å². The molecule has 29 heavy (non-hydrogen) atoms. The summed E-state index contributed by atoms with van der Waals surface area (Å²) < 4.78 is 37.4. The highest BCUT2D eigenvalue weighted by atomic mass is 19.4. The van der Waals surface area contributed by atoms with Gasteiger partial charge in [-0.2, -0.15) is 13.2 Å². The van der Waals surface area contributed by atoms with Gasteiger partial charge in [-0.1, -0.05) is 64.2 Å². The van der Waals surface area contributed by atoms with E-state index < -0.39 is 17.8 Å². The lowest BCUT2D eigenvalue weighted by atomic mass is 10.0. The molecular formula is C21H33F3N2O3. The molecule has 2 N–H and O–H groups in total. The number of nitrogens with one attached hydrogen (secondary N) is 1. The van der Waals surface area contributed by atoms with Crippen molar-refractivity contribution in [3.05, 3.63) is 17.7 Å². The van der Waals surface area contributed by atoms with Crippen molar-refractivity contribution in [1.29, 1.82) is 0 Å². The standard InChI is InChI=1S/C21H33F3N2O3/c22-21(23,24)18-16-25-19(26-18)15-17(27)13-11-9-7-5-3-1-2-4-6-8-10-12-14-20(28)29/h16H,1-15H2,(H,25,26)(H,28,29). The van der Waals surface area contributed by atoms with Crippen molar-refractivity contribution in [2.75, 3.05) is 0 Å². The Morgan fingerprint density at radius 1 is 0.828 bits per heavy atom. The first-order valence-corrected chi connectivity index (χ1v) is 10.6. The van der Waals surface area contributed by atoms with Crippen molar-refractivity contribution in [3.8, 4) is 0 Å². The molecule has 1 heterocycles. The van der Waals surface area contributed by atoms with Gasteiger partial charge < -0.3 is 10.1 Å². The number of unbranched alkanes of at least 4 members (excludes halogenated alkanes) is 11. The van der Waals surface area contributed by atoms with Gasteiger partial charge in [-0.3, -0.25) is 9.59 Å². The molecule has 0 radical (unpaired) electrons. The minimum atomic E-state index is -4.46. The van der Waals surface area contributed by atoms with Crippen LogP contribution in [0.3, 0.4) is 0 Å². The van der Waals surface area contributed by atoms with Gasteiger partial charge in [0, 0.05) is 12.8 Å². The Morgan fingerprint density at radius 2 is 1.28 bits per heavy atom. The summed E-state index contributed by atoms with van der Waals surface area (Å²) in [6, 6.07) is 0. The van der Waals surface area contributed by atoms with E-state index in [1.165, 1.54) is 32.1 Å². The Bertz CT molecular complexity index is 600. The second-order valence-electron chi connectivity index (χ2n) is 7.59. The van der Waals surface area contributed by atoms with Crippen LogP contribution in [0, 0.1) is 0 Å². The number of imidazole rings is 1. The predicted octanol–water partition coefficient (Wildman–Crippen LogP) is 6.09. The zero-order valence-corrected chi connectivity index (χ0v) is 17.0. The largest absolute Gasteiger partial charge is 0.481 e. The van der Waals surface area contributed by atoms with Crippen molar-refractivity contribution < 1.29 is 27.9 Å². The average Bonchev–Trinajstić information content (AvgIpc) is 3.10. The van der Waals surface area contributed by atoms with Crippen LogP contribution in [0.1, 0.15) is 101 Å². The van der Waals surface area contributed by atoms with Crippen LogP contribution in [0.2, 0.25) is 0 Å². The van der Waals surface area contributed by atoms with Gasteiger partial charge in [0.2, 0.25) is 0 Å². The molecule has 1 rings (SSSR count). The number of carboxylic acid groups (broad SMARTS) is 1. The van der Waals surface area contributed by atoms with Gasteiger partial charge in [0.25, 0.3) is 0 Å². The minimum absolute atomic E-state index is 0.0733. The number of rotatable bonds is 17. The molecule has 5 nitrogen and oxygen atoms in total. The number of aliphatic carboxylic acids is 1. The summed E-state index contributed by atoms with van der Waals surface area (Å²) in [4.78, 5) is 28.0. The van der Waals surface area contributed by atoms with E-state index in [0.29, 0.717) is 6.42 Å². The Labute approximate surface area is 170 Å². The zero-order valence-electron chi connectivity index (χ0n) is 17.0. The van der Waals surface area contributed by atoms with Gasteiger partial charge in [-0.15, -0.1) is 0 Å². The molecule has 0 saturated heterocycles. The van der Waals surface area contributed by atoms with E-state index in [1.54, 1.807) is 0 Å². The average molecular weight is 418 g/mol. The number of carboxylic acids is 1. The third-order valence-corrected chi connectivity index (χ3v) is 4.89. The molecule has 166 valence electrons. The first-order chi connectivity index (χ1) is 13.8. The number of aromatic amines is 1. The van der Waals surface area contributed by atoms with Gasteiger partial charge >= 0.3 is 12.1 Å². The van der Waals surface area contributed by atoms with Gasteiger partial charge in [0.1, 0.15) is 17.3 Å². The number of H-pyrrole nitrogens is 1. The van der Waals surface area contributed by atoms with Crippen LogP contribution in [0.4, 0.5) is 13.2 Å². The Morgan fingerprint density at radius 3 is 1.69 bits per heavy atom. The summed E-state index contributed by atoms with van der Waals surface area (Å²) in [5, 5.41) is 8.55. The molecule has 0 bridgehead atoms. The maximum absolute atomic E-state index is 12.5. The second-order valence-corrected chi connectivity index (χ2v) is 7.59. The van der Waals surface area contributed by atoms with Gasteiger partial charge in [-0.25, -0.2) is 4.98 Å². The predicted molar refractivity (Wildman–Crippen MR) is 105 cm³/mol. The maximum atomic E-state index is 12.5. The summed E-state index contributed by atoms with van der Waals surface area (Å²) in [6.45, 7) is 0. The van der Waals surface area contributed by atoms with E-state index in [2.05, 4.69) is 9.97 Å². The number of carbonyl (C=O) groups excluding carboxylic acids is 1. The zero-order chi connectivity index (χ0) is 21.5. The summed E-state index contributed by atoms with van der Waals surface area (Å²) in [5.41, 5.74) is -0.918. The van der Waals surface area contributed by atoms with E-state index in [0.717, 1.165) is 51.1 Å². The molecule has 0 fully saturated rings. The lowest BCUT2D eigenvalue weighted by molar-refractivity contribution is -0.141. The van der Waals surface area contributed by atoms with Crippen molar-refractivity contribution in [3.63, 3.8) is 0 Å². The monoisotopic (exact) mass is 418 g/mol. The van der Waals surface area contributed by atoms with E-state index in [9.17, 15) is 22.8 Å². The number of Topliss-reactive ketones (excluding diaryl/α,β-unsaturated/α-hetero) is 1. The number of nitrogens with zero attached hydrogens (tertiary/aromatic N) is 1. The second kappa shape index (κ2) is 14.2. The topological polar surface area (TPSA) is 83.0 Å². The van der Waals surface area contributed by atoms with E-state index in [1.807, 2.05) is 0 Å². The van der Waals surface area contributed by atoms with Crippen LogP contribution < -0.4 is 0 Å². The van der Waals surface area contributed by atoms with Crippen LogP contribution >= 0.6 is 0 Å². The number of carbonyl (C=O) groups is 2. The molecule has 1 aromatic heterocycles. The van der Waals surface area contributed by atoms with Crippen LogP contribution in [-0.2, 0) is 22.2 Å². The van der Waals surface area contributed by atoms with Crippen LogP contribution in [-0.4, -0.2) is 26.8 Å². The van der Waals surface area contributed by atoms with Crippen LogP contribution in [0.25, 0.3) is 0 Å². The van der Waals surface area contributed by atoms with Crippen LogP contribution in [0.15, 0.2) is 6.20 Å². The fourth-order valence-corrected chi connectivity index (χ4v) is 3.24. The number of ketones is 1. The highest BCUT2D eigenvalue weighted by Gasteiger charge is 2.33. The fraction of sp³-hybridized carbons (Fsp3) is 0.762. The lowest BCUT2D eigenvalue weighted by Gasteiger charge is -2.03. The first kappa shape index (κ1) is 25.2. The van der Waals surface area contributed by atoms with Crippen molar-refractivity contribution in [2.45, 2.75) is 102 Å². The lowest BCUT2D eigenvalue weighted by Crippen LogP contribution is -2.07. The van der Waals surface area contributed by atoms with Crippen molar-refractivity contribution in [2.24, 2.45) is 0 Å². The number of halogens is 3. The van der Waals surface area contributed by atoms with Gasteiger partial charge in [0.15, 0.2) is 0 Å². The molecule has 0 aliphatic heterocycles. The molecule has 0 saturated carbocycles. The molecule has 0 atom stereocenters. The maximum Gasteiger partial charge on any atom is 0.432 e. The molecular weight excluding hydrogens is 385 g/mol. The summed E-state index contributed by atoms with van der Waals surface area (Å²) in [7, 11) is 0. The van der Waals surface area contributed by atoms with Crippen LogP contribution in [0.5, 0.6) is 0 Å². The smallest absolute Gasteiger partial charge is 0.432 e. The van der Waals surface area contributed by atoms with Crippen molar-refractivity contribution in [1.82, 2.24) is 9.97 Å². The van der Waals surface area contributed by atoms with E-state index in [-0.39, 0.29) is 24.4 Å². The Hall–Kier alpha value is -1.86. The number of hydrogen-bond donors (Lipinski definition) is 2. The molecule has 0 unspecified atom stereocenters. The third kappa shape index (κ3) is 13.1. The number of alkyl halides is 3. The summed E-state index contributed by atoms with van der Waals surface area (Å²) in [6.07, 6.45) is 9.60. The van der Waals surface area contributed by atoms with Gasteiger partial charge in [-0.05, 0) is 12.8 Å². The summed E-state index contributed by atoms with van der Waals surface area (Å²) >= 11 is 0. The molecule has 8 heteroatoms. The number of aromatic nitrogens is 2. The molecule has 0 aromatic carbocycles. The minimum Gasteiger partial charge on any atom is -0.481 e. The van der Waals surface area contributed by atoms with E-state index >= 15 is 0 Å². The SMILES string of the molecule is O=C(O)CCCCCCCCCCCCCCC(=O)Cc1ncc(C(F)(F)F)[nH]1. The third-order valence-electron chi connectivity index (χ3n) is 4.89. The van der Waals surface area contributed by atoms with E-state index in [4.69, 9.17) is 5.11 Å². The highest BCUT2D eigenvalue weighted by Crippen LogP contribution is 2.27. The Balaban J connectivity index is 1.90. The summed E-state index contributed by atoms with van der Waals surface area (Å²) in [5.74, 6) is -0.730. The first-order valence-electron chi connectivity index (χ1n) is 10.6. The molecule has 0 amide bonds. The Kier molecular flexibility index (Phi) is 12.3. The quantitative estimate of drug-likeness (QED) is 0.300. The molecule has 0 aliphatic rings. The number of hydrogen-bond acceptors (Lipinski definition) is 3. The molecule has 0 spiro atoms. The molecule has 1 aromatic rings. The molecule has 0 aliphatic carbocycles. The van der Waals surface area contributed by atoms with Gasteiger partial charge in [0.05, 0.1) is 12.6 Å².